The Hall–Kier alpha value is -2.54. The molecule has 1 unspecified atom stereocenters. The first-order valence-electron chi connectivity index (χ1n) is 8.42. The van der Waals surface area contributed by atoms with Crippen molar-refractivity contribution in [2.24, 2.45) is 0 Å². The first-order valence-corrected chi connectivity index (χ1v) is 8.42. The Morgan fingerprint density at radius 2 is 2.20 bits per heavy atom. The Balaban J connectivity index is 1.74. The number of nitrogens with zero attached hydrogens (tertiary/aromatic N) is 3. The monoisotopic (exact) mass is 342 g/mol. The van der Waals surface area contributed by atoms with Gasteiger partial charge in [0, 0.05) is 19.0 Å². The van der Waals surface area contributed by atoms with E-state index in [1.165, 1.54) is 0 Å². The van der Waals surface area contributed by atoms with Gasteiger partial charge in [0.15, 0.2) is 0 Å². The van der Waals surface area contributed by atoms with E-state index in [1.807, 2.05) is 6.92 Å². The van der Waals surface area contributed by atoms with Gasteiger partial charge in [-0.15, -0.1) is 0 Å². The maximum atomic E-state index is 12.7. The largest absolute Gasteiger partial charge is 0.376 e. The van der Waals surface area contributed by atoms with Crippen LogP contribution in [0.5, 0.6) is 0 Å². The number of ether oxygens (including phenoxy) is 1. The number of aryl methyl sites for hydroxylation is 2. The maximum absolute atomic E-state index is 12.7. The molecule has 0 aromatic carbocycles. The third kappa shape index (κ3) is 4.11. The molecule has 3 heterocycles. The molecule has 1 N–H and O–H groups in total. The molecule has 25 heavy (non-hydrogen) atoms. The molecule has 0 aliphatic carbocycles. The highest BCUT2D eigenvalue weighted by molar-refractivity contribution is 5.95. The molecule has 132 valence electrons. The van der Waals surface area contributed by atoms with Gasteiger partial charge < -0.3 is 14.6 Å². The molecule has 1 aliphatic heterocycles. The Kier molecular flexibility index (Phi) is 5.23. The van der Waals surface area contributed by atoms with E-state index < -0.39 is 5.91 Å². The molecule has 2 aromatic rings. The molecule has 0 radical (unpaired) electrons. The van der Waals surface area contributed by atoms with E-state index in [1.54, 1.807) is 36.1 Å². The number of pyridine rings is 1. The van der Waals surface area contributed by atoms with Gasteiger partial charge in [0.25, 0.3) is 11.5 Å². The number of hydrogen-bond donors (Lipinski definition) is 1. The van der Waals surface area contributed by atoms with E-state index in [0.29, 0.717) is 17.8 Å². The van der Waals surface area contributed by atoms with Gasteiger partial charge in [0.1, 0.15) is 5.56 Å². The summed E-state index contributed by atoms with van der Waals surface area (Å²) in [7, 11) is 0. The van der Waals surface area contributed by atoms with Crippen molar-refractivity contribution in [1.82, 2.24) is 19.9 Å². The van der Waals surface area contributed by atoms with Gasteiger partial charge in [-0.05, 0) is 38.3 Å². The summed E-state index contributed by atoms with van der Waals surface area (Å²) in [4.78, 5) is 33.5. The topological polar surface area (TPSA) is 86.1 Å². The zero-order valence-corrected chi connectivity index (χ0v) is 14.5. The van der Waals surface area contributed by atoms with E-state index >= 15 is 0 Å². The molecule has 7 heteroatoms. The summed E-state index contributed by atoms with van der Waals surface area (Å²) in [5.74, 6) is -0.397. The van der Waals surface area contributed by atoms with Crippen LogP contribution in [0.3, 0.4) is 0 Å². The normalized spacial score (nSPS) is 16.8. The number of amides is 1. The van der Waals surface area contributed by atoms with Crippen LogP contribution in [0.25, 0.3) is 0 Å². The Morgan fingerprint density at radius 1 is 1.36 bits per heavy atom. The second-order valence-corrected chi connectivity index (χ2v) is 6.30. The summed E-state index contributed by atoms with van der Waals surface area (Å²) in [6.07, 6.45) is 6.97. The second kappa shape index (κ2) is 7.57. The fourth-order valence-corrected chi connectivity index (χ4v) is 2.86. The molecule has 0 spiro atoms. The van der Waals surface area contributed by atoms with Crippen molar-refractivity contribution in [3.05, 3.63) is 57.5 Å². The van der Waals surface area contributed by atoms with Gasteiger partial charge in [-0.2, -0.15) is 0 Å². The van der Waals surface area contributed by atoms with Gasteiger partial charge in [-0.1, -0.05) is 0 Å². The van der Waals surface area contributed by atoms with Crippen molar-refractivity contribution >= 4 is 5.91 Å². The molecular formula is C18H22N4O3. The predicted molar refractivity (Wildman–Crippen MR) is 92.4 cm³/mol. The molecule has 7 nitrogen and oxygen atoms in total. The first-order chi connectivity index (χ1) is 12.0. The van der Waals surface area contributed by atoms with Crippen molar-refractivity contribution in [3.8, 4) is 0 Å². The van der Waals surface area contributed by atoms with Crippen molar-refractivity contribution in [2.45, 2.75) is 45.9 Å². The van der Waals surface area contributed by atoms with Crippen LogP contribution in [-0.4, -0.2) is 33.2 Å². The SMILES string of the molecule is Cc1cnc(CNC(=O)c2c(C)ccn(CC3CCCO3)c2=O)cn1. The van der Waals surface area contributed by atoms with Crippen molar-refractivity contribution in [2.75, 3.05) is 6.61 Å². The molecule has 1 atom stereocenters. The van der Waals surface area contributed by atoms with E-state index in [0.717, 1.165) is 25.1 Å². The molecular weight excluding hydrogens is 320 g/mol. The van der Waals surface area contributed by atoms with Gasteiger partial charge in [0.2, 0.25) is 0 Å². The molecule has 1 saturated heterocycles. The number of nitrogens with one attached hydrogen (secondary N) is 1. The van der Waals surface area contributed by atoms with Crippen molar-refractivity contribution < 1.29 is 9.53 Å². The number of aromatic nitrogens is 3. The summed E-state index contributed by atoms with van der Waals surface area (Å²) < 4.78 is 7.14. The predicted octanol–water partition coefficient (Wildman–Crippen LogP) is 1.36. The number of carbonyl (C=O) groups excluding carboxylic acids is 1. The van der Waals surface area contributed by atoms with Crippen LogP contribution < -0.4 is 10.9 Å². The van der Waals surface area contributed by atoms with Crippen LogP contribution >= 0.6 is 0 Å². The van der Waals surface area contributed by atoms with Crippen LogP contribution in [0.2, 0.25) is 0 Å². The number of rotatable bonds is 5. The fraction of sp³-hybridized carbons (Fsp3) is 0.444. The lowest BCUT2D eigenvalue weighted by atomic mass is 10.1. The van der Waals surface area contributed by atoms with Crippen LogP contribution in [0, 0.1) is 13.8 Å². The van der Waals surface area contributed by atoms with E-state index in [-0.39, 0.29) is 23.8 Å². The van der Waals surface area contributed by atoms with Crippen LogP contribution in [0.15, 0.2) is 29.5 Å². The van der Waals surface area contributed by atoms with Crippen LogP contribution in [0.4, 0.5) is 0 Å². The van der Waals surface area contributed by atoms with Gasteiger partial charge in [-0.3, -0.25) is 19.6 Å². The number of hydrogen-bond acceptors (Lipinski definition) is 5. The molecule has 1 fully saturated rings. The second-order valence-electron chi connectivity index (χ2n) is 6.30. The fourth-order valence-electron chi connectivity index (χ4n) is 2.86. The highest BCUT2D eigenvalue weighted by Gasteiger charge is 2.20. The van der Waals surface area contributed by atoms with E-state index in [2.05, 4.69) is 15.3 Å². The molecule has 1 amide bonds. The smallest absolute Gasteiger partial charge is 0.263 e. The minimum Gasteiger partial charge on any atom is -0.376 e. The molecule has 0 saturated carbocycles. The Morgan fingerprint density at radius 3 is 2.88 bits per heavy atom. The maximum Gasteiger partial charge on any atom is 0.263 e. The summed E-state index contributed by atoms with van der Waals surface area (Å²) in [5, 5.41) is 2.75. The summed E-state index contributed by atoms with van der Waals surface area (Å²) in [6.45, 7) is 5.04. The summed E-state index contributed by atoms with van der Waals surface area (Å²) in [6, 6.07) is 1.79. The molecule has 3 rings (SSSR count). The average molecular weight is 342 g/mol. The lowest BCUT2D eigenvalue weighted by molar-refractivity contribution is 0.0928. The minimum absolute atomic E-state index is 0.0409. The standard InChI is InChI=1S/C18H22N4O3/c1-12-5-6-22(11-15-4-3-7-25-15)18(24)16(12)17(23)21-10-14-9-19-13(2)8-20-14/h5-6,8-9,15H,3-4,7,10-11H2,1-2H3,(H,21,23). The van der Waals surface area contributed by atoms with Gasteiger partial charge in [-0.25, -0.2) is 0 Å². The summed E-state index contributed by atoms with van der Waals surface area (Å²) in [5.41, 5.74) is 1.99. The zero-order chi connectivity index (χ0) is 17.8. The quantitative estimate of drug-likeness (QED) is 0.887. The van der Waals surface area contributed by atoms with Crippen LogP contribution in [-0.2, 0) is 17.8 Å². The van der Waals surface area contributed by atoms with Crippen molar-refractivity contribution in [3.63, 3.8) is 0 Å². The van der Waals surface area contributed by atoms with Gasteiger partial charge >= 0.3 is 0 Å². The Bertz CT molecular complexity index is 808. The number of carbonyl (C=O) groups is 1. The summed E-state index contributed by atoms with van der Waals surface area (Å²) >= 11 is 0. The third-order valence-electron chi connectivity index (χ3n) is 4.29. The zero-order valence-electron chi connectivity index (χ0n) is 14.5. The van der Waals surface area contributed by atoms with Crippen molar-refractivity contribution in [1.29, 1.82) is 0 Å². The molecule has 1 aliphatic rings. The van der Waals surface area contributed by atoms with E-state index in [9.17, 15) is 9.59 Å². The minimum atomic E-state index is -0.397. The van der Waals surface area contributed by atoms with Gasteiger partial charge in [0.05, 0.1) is 36.8 Å². The molecule has 2 aromatic heterocycles. The lowest BCUT2D eigenvalue weighted by Crippen LogP contribution is -2.35. The highest BCUT2D eigenvalue weighted by Crippen LogP contribution is 2.13. The Labute approximate surface area is 146 Å². The third-order valence-corrected chi connectivity index (χ3v) is 4.29. The molecule has 0 bridgehead atoms. The highest BCUT2D eigenvalue weighted by atomic mass is 16.5. The average Bonchev–Trinajstić information content (AvgIpc) is 3.10. The first kappa shape index (κ1) is 17.3. The van der Waals surface area contributed by atoms with Crippen LogP contribution in [0.1, 0.15) is 40.2 Å². The van der Waals surface area contributed by atoms with E-state index in [4.69, 9.17) is 4.74 Å². The lowest BCUT2D eigenvalue weighted by Gasteiger charge is -2.14.